The standard InChI is InChI=1S/C25H22F3N3O3/c1-16(17-9-11-19(12-10-17)34-25(26,27)28)30-23(32)22-20-7-2-3-8-21(20)24(33)31(22)15-13-18-6-4-5-14-29-18/h2-12,14,16,22H,13,15H2,1H3,(H,30,32). The second-order valence-corrected chi connectivity index (χ2v) is 7.91. The van der Waals surface area contributed by atoms with Crippen LogP contribution in [0, 0.1) is 0 Å². The van der Waals surface area contributed by atoms with Gasteiger partial charge in [-0.2, -0.15) is 0 Å². The molecule has 0 radical (unpaired) electrons. The Morgan fingerprint density at radius 3 is 2.47 bits per heavy atom. The summed E-state index contributed by atoms with van der Waals surface area (Å²) in [6.07, 6.45) is -2.62. The van der Waals surface area contributed by atoms with Crippen molar-refractivity contribution in [2.45, 2.75) is 31.8 Å². The highest BCUT2D eigenvalue weighted by Crippen LogP contribution is 2.34. The SMILES string of the molecule is CC(NC(=O)C1c2ccccc2C(=O)N1CCc1ccccn1)c1ccc(OC(F)(F)F)cc1. The van der Waals surface area contributed by atoms with Crippen molar-refractivity contribution in [2.24, 2.45) is 0 Å². The molecule has 2 aromatic carbocycles. The van der Waals surface area contributed by atoms with E-state index in [-0.39, 0.29) is 17.6 Å². The third-order valence-corrected chi connectivity index (χ3v) is 5.61. The van der Waals surface area contributed by atoms with Crippen LogP contribution in [-0.2, 0) is 11.2 Å². The minimum atomic E-state index is -4.78. The molecular formula is C25H22F3N3O3. The number of hydrogen-bond acceptors (Lipinski definition) is 4. The third-order valence-electron chi connectivity index (χ3n) is 5.61. The van der Waals surface area contributed by atoms with E-state index in [1.54, 1.807) is 43.5 Å². The van der Waals surface area contributed by atoms with Crippen LogP contribution in [0.25, 0.3) is 0 Å². The molecule has 0 saturated carbocycles. The summed E-state index contributed by atoms with van der Waals surface area (Å²) in [5.74, 6) is -0.943. The maximum Gasteiger partial charge on any atom is 0.573 e. The summed E-state index contributed by atoms with van der Waals surface area (Å²) in [6, 6.07) is 16.5. The van der Waals surface area contributed by atoms with Gasteiger partial charge in [-0.3, -0.25) is 14.6 Å². The highest BCUT2D eigenvalue weighted by Gasteiger charge is 2.41. The molecule has 2 atom stereocenters. The number of benzene rings is 2. The average Bonchev–Trinajstić information content (AvgIpc) is 3.09. The topological polar surface area (TPSA) is 71.5 Å². The summed E-state index contributed by atoms with van der Waals surface area (Å²) in [6.45, 7) is 2.03. The van der Waals surface area contributed by atoms with Crippen molar-refractivity contribution in [3.05, 3.63) is 95.3 Å². The Bertz CT molecular complexity index is 1170. The van der Waals surface area contributed by atoms with Gasteiger partial charge in [0.1, 0.15) is 11.8 Å². The van der Waals surface area contributed by atoms with Crippen molar-refractivity contribution in [1.29, 1.82) is 0 Å². The fourth-order valence-electron chi connectivity index (χ4n) is 4.00. The first-order valence-electron chi connectivity index (χ1n) is 10.7. The Kier molecular flexibility index (Phi) is 6.54. The Labute approximate surface area is 194 Å². The molecule has 0 bridgehead atoms. The van der Waals surface area contributed by atoms with Gasteiger partial charge in [0.05, 0.1) is 6.04 Å². The first-order valence-corrected chi connectivity index (χ1v) is 10.7. The highest BCUT2D eigenvalue weighted by molar-refractivity contribution is 6.04. The molecule has 1 aromatic heterocycles. The van der Waals surface area contributed by atoms with Crippen LogP contribution >= 0.6 is 0 Å². The van der Waals surface area contributed by atoms with Gasteiger partial charge in [0.2, 0.25) is 5.91 Å². The van der Waals surface area contributed by atoms with Crippen molar-refractivity contribution in [1.82, 2.24) is 15.2 Å². The smallest absolute Gasteiger partial charge is 0.406 e. The number of pyridine rings is 1. The highest BCUT2D eigenvalue weighted by atomic mass is 19.4. The van der Waals surface area contributed by atoms with Gasteiger partial charge in [-0.25, -0.2) is 0 Å². The molecule has 3 aromatic rings. The van der Waals surface area contributed by atoms with Gasteiger partial charge in [0.25, 0.3) is 5.91 Å². The van der Waals surface area contributed by atoms with Gasteiger partial charge in [0.15, 0.2) is 0 Å². The van der Waals surface area contributed by atoms with E-state index in [0.29, 0.717) is 29.7 Å². The van der Waals surface area contributed by atoms with Gasteiger partial charge in [-0.05, 0) is 48.4 Å². The van der Waals surface area contributed by atoms with Crippen LogP contribution in [0.1, 0.15) is 46.2 Å². The quantitative estimate of drug-likeness (QED) is 0.549. The molecule has 176 valence electrons. The molecule has 0 aliphatic carbocycles. The number of ether oxygens (including phenoxy) is 1. The van der Waals surface area contributed by atoms with Crippen LogP contribution in [-0.4, -0.2) is 34.6 Å². The molecular weight excluding hydrogens is 447 g/mol. The molecule has 1 aliphatic rings. The fourth-order valence-corrected chi connectivity index (χ4v) is 4.00. The van der Waals surface area contributed by atoms with Crippen LogP contribution < -0.4 is 10.1 Å². The van der Waals surface area contributed by atoms with E-state index in [1.165, 1.54) is 29.2 Å². The maximum absolute atomic E-state index is 13.3. The second kappa shape index (κ2) is 9.54. The monoisotopic (exact) mass is 469 g/mol. The Balaban J connectivity index is 1.50. The van der Waals surface area contributed by atoms with Crippen molar-refractivity contribution >= 4 is 11.8 Å². The van der Waals surface area contributed by atoms with Gasteiger partial charge in [-0.15, -0.1) is 13.2 Å². The van der Waals surface area contributed by atoms with Gasteiger partial charge >= 0.3 is 6.36 Å². The number of amides is 2. The molecule has 6 nitrogen and oxygen atoms in total. The zero-order valence-corrected chi connectivity index (χ0v) is 18.3. The van der Waals surface area contributed by atoms with E-state index in [2.05, 4.69) is 15.0 Å². The molecule has 1 aliphatic heterocycles. The maximum atomic E-state index is 13.3. The number of hydrogen-bond donors (Lipinski definition) is 1. The largest absolute Gasteiger partial charge is 0.573 e. The van der Waals surface area contributed by atoms with Crippen LogP contribution in [0.5, 0.6) is 5.75 Å². The number of carbonyl (C=O) groups is 2. The van der Waals surface area contributed by atoms with E-state index >= 15 is 0 Å². The molecule has 2 heterocycles. The van der Waals surface area contributed by atoms with E-state index < -0.39 is 18.4 Å². The molecule has 4 rings (SSSR count). The minimum Gasteiger partial charge on any atom is -0.406 e. The zero-order chi connectivity index (χ0) is 24.3. The summed E-state index contributed by atoms with van der Waals surface area (Å²) in [5.41, 5.74) is 2.50. The molecule has 1 N–H and O–H groups in total. The van der Waals surface area contributed by atoms with Gasteiger partial charge < -0.3 is 15.0 Å². The number of halogens is 3. The number of nitrogens with zero attached hydrogens (tertiary/aromatic N) is 2. The first kappa shape index (κ1) is 23.3. The van der Waals surface area contributed by atoms with Crippen LogP contribution in [0.15, 0.2) is 72.9 Å². The van der Waals surface area contributed by atoms with Crippen molar-refractivity contribution in [2.75, 3.05) is 6.54 Å². The van der Waals surface area contributed by atoms with Crippen molar-refractivity contribution < 1.29 is 27.5 Å². The van der Waals surface area contributed by atoms with Crippen LogP contribution in [0.2, 0.25) is 0 Å². The molecule has 0 fully saturated rings. The summed E-state index contributed by atoms with van der Waals surface area (Å²) in [5, 5.41) is 2.88. The van der Waals surface area contributed by atoms with E-state index in [0.717, 1.165) is 5.69 Å². The van der Waals surface area contributed by atoms with E-state index in [1.807, 2.05) is 12.1 Å². The Morgan fingerprint density at radius 2 is 1.79 bits per heavy atom. The lowest BCUT2D eigenvalue weighted by Gasteiger charge is -2.26. The molecule has 0 spiro atoms. The van der Waals surface area contributed by atoms with Crippen molar-refractivity contribution in [3.8, 4) is 5.75 Å². The van der Waals surface area contributed by atoms with E-state index in [9.17, 15) is 22.8 Å². The second-order valence-electron chi connectivity index (χ2n) is 7.91. The van der Waals surface area contributed by atoms with Gasteiger partial charge in [-0.1, -0.05) is 36.4 Å². The first-order chi connectivity index (χ1) is 16.2. The molecule has 9 heteroatoms. The predicted molar refractivity (Wildman–Crippen MR) is 118 cm³/mol. The average molecular weight is 469 g/mol. The molecule has 2 unspecified atom stereocenters. The van der Waals surface area contributed by atoms with Gasteiger partial charge in [0, 0.05) is 30.4 Å². The summed E-state index contributed by atoms with van der Waals surface area (Å²) in [7, 11) is 0. The number of nitrogens with one attached hydrogen (secondary N) is 1. The third kappa shape index (κ3) is 5.19. The Hall–Kier alpha value is -3.88. The molecule has 0 saturated heterocycles. The molecule has 34 heavy (non-hydrogen) atoms. The lowest BCUT2D eigenvalue weighted by atomic mass is 10.0. The van der Waals surface area contributed by atoms with Crippen molar-refractivity contribution in [3.63, 3.8) is 0 Å². The predicted octanol–water partition coefficient (Wildman–Crippen LogP) is 4.60. The van der Waals surface area contributed by atoms with Crippen LogP contribution in [0.4, 0.5) is 13.2 Å². The minimum absolute atomic E-state index is 0.229. The fraction of sp³-hybridized carbons (Fsp3) is 0.240. The lowest BCUT2D eigenvalue weighted by Crippen LogP contribution is -2.41. The van der Waals surface area contributed by atoms with Crippen LogP contribution in [0.3, 0.4) is 0 Å². The lowest BCUT2D eigenvalue weighted by molar-refractivity contribution is -0.274. The number of fused-ring (bicyclic) bond motifs is 1. The Morgan fingerprint density at radius 1 is 1.09 bits per heavy atom. The summed E-state index contributed by atoms with van der Waals surface area (Å²) < 4.78 is 41.1. The van der Waals surface area contributed by atoms with E-state index in [4.69, 9.17) is 0 Å². The number of alkyl halides is 3. The number of carbonyl (C=O) groups excluding carboxylic acids is 2. The normalized spacial score (nSPS) is 16.2. The number of rotatable bonds is 7. The molecule has 2 amide bonds. The zero-order valence-electron chi connectivity index (χ0n) is 18.3. The summed E-state index contributed by atoms with van der Waals surface area (Å²) in [4.78, 5) is 32.2. The number of aromatic nitrogens is 1. The summed E-state index contributed by atoms with van der Waals surface area (Å²) >= 11 is 0.